The number of ketones is 1. The van der Waals surface area contributed by atoms with Gasteiger partial charge >= 0.3 is 5.69 Å². The highest BCUT2D eigenvalue weighted by molar-refractivity contribution is 6.01. The highest BCUT2D eigenvalue weighted by atomic mass is 16.5. The fourth-order valence-electron chi connectivity index (χ4n) is 3.20. The average molecular weight is 422 g/mol. The molecule has 1 heterocycles. The molecule has 0 radical (unpaired) electrons. The molecule has 0 spiro atoms. The standard InChI is InChI=1S/C23H26N4O4/c1-25(13-14-31-18-11-7-4-8-12-18)16-19(28)20-21(24)27(23(30)26(2)22(20)29)15-17-9-5-3-6-10-17/h3-12H,13-16,24H2,1-2H3. The summed E-state index contributed by atoms with van der Waals surface area (Å²) < 4.78 is 7.82. The van der Waals surface area contributed by atoms with Crippen molar-refractivity contribution in [2.45, 2.75) is 6.54 Å². The molecule has 0 amide bonds. The second-order valence-electron chi connectivity index (χ2n) is 7.30. The van der Waals surface area contributed by atoms with Crippen molar-refractivity contribution >= 4 is 11.6 Å². The molecule has 8 heteroatoms. The van der Waals surface area contributed by atoms with E-state index in [-0.39, 0.29) is 24.5 Å². The lowest BCUT2D eigenvalue weighted by atomic mass is 10.1. The normalized spacial score (nSPS) is 10.9. The first-order valence-corrected chi connectivity index (χ1v) is 9.91. The van der Waals surface area contributed by atoms with Crippen LogP contribution >= 0.6 is 0 Å². The summed E-state index contributed by atoms with van der Waals surface area (Å²) in [6, 6.07) is 18.6. The van der Waals surface area contributed by atoms with E-state index < -0.39 is 17.0 Å². The van der Waals surface area contributed by atoms with Gasteiger partial charge in [0.15, 0.2) is 5.78 Å². The highest BCUT2D eigenvalue weighted by Gasteiger charge is 2.22. The third kappa shape index (κ3) is 5.29. The Kier molecular flexibility index (Phi) is 7.04. The van der Waals surface area contributed by atoms with E-state index in [4.69, 9.17) is 10.5 Å². The first kappa shape index (κ1) is 22.0. The van der Waals surface area contributed by atoms with Crippen LogP contribution in [0.1, 0.15) is 15.9 Å². The van der Waals surface area contributed by atoms with Gasteiger partial charge < -0.3 is 10.5 Å². The van der Waals surface area contributed by atoms with Crippen LogP contribution in [0.2, 0.25) is 0 Å². The maximum absolute atomic E-state index is 12.9. The van der Waals surface area contributed by atoms with Crippen LogP contribution in [0, 0.1) is 0 Å². The number of benzene rings is 2. The Morgan fingerprint density at radius 2 is 1.65 bits per heavy atom. The first-order chi connectivity index (χ1) is 14.9. The molecular formula is C23H26N4O4. The number of nitrogens with zero attached hydrogens (tertiary/aromatic N) is 3. The molecule has 0 unspecified atom stereocenters. The molecule has 0 bridgehead atoms. The Morgan fingerprint density at radius 3 is 2.29 bits per heavy atom. The van der Waals surface area contributed by atoms with E-state index in [0.29, 0.717) is 13.2 Å². The molecule has 3 aromatic rings. The van der Waals surface area contributed by atoms with Crippen LogP contribution < -0.4 is 21.7 Å². The van der Waals surface area contributed by atoms with Gasteiger partial charge in [-0.3, -0.25) is 23.6 Å². The van der Waals surface area contributed by atoms with Crippen molar-refractivity contribution in [2.75, 3.05) is 32.5 Å². The summed E-state index contributed by atoms with van der Waals surface area (Å²) in [7, 11) is 3.10. The minimum Gasteiger partial charge on any atom is -0.492 e. The van der Waals surface area contributed by atoms with Crippen LogP contribution in [-0.2, 0) is 13.6 Å². The summed E-state index contributed by atoms with van der Waals surface area (Å²) in [5.41, 5.74) is 5.55. The van der Waals surface area contributed by atoms with Crippen molar-refractivity contribution in [3.63, 3.8) is 0 Å². The second kappa shape index (κ2) is 9.90. The van der Waals surface area contributed by atoms with Gasteiger partial charge in [0.25, 0.3) is 5.56 Å². The third-order valence-electron chi connectivity index (χ3n) is 4.94. The number of Topliss-reactive ketones (excluding diaryl/α,β-unsaturated/α-hetero) is 1. The molecule has 0 atom stereocenters. The van der Waals surface area contributed by atoms with Crippen molar-refractivity contribution in [1.29, 1.82) is 0 Å². The van der Waals surface area contributed by atoms with Gasteiger partial charge in [0, 0.05) is 13.6 Å². The number of carbonyl (C=O) groups excluding carboxylic acids is 1. The quantitative estimate of drug-likeness (QED) is 0.523. The third-order valence-corrected chi connectivity index (χ3v) is 4.94. The largest absolute Gasteiger partial charge is 0.492 e. The predicted octanol–water partition coefficient (Wildman–Crippen LogP) is 1.37. The molecule has 0 saturated carbocycles. The van der Waals surface area contributed by atoms with Crippen molar-refractivity contribution in [2.24, 2.45) is 7.05 Å². The van der Waals surface area contributed by atoms with E-state index in [2.05, 4.69) is 0 Å². The smallest absolute Gasteiger partial charge is 0.332 e. The van der Waals surface area contributed by atoms with Crippen LogP contribution in [0.15, 0.2) is 70.3 Å². The maximum Gasteiger partial charge on any atom is 0.332 e. The zero-order valence-corrected chi connectivity index (χ0v) is 17.7. The molecule has 0 saturated heterocycles. The lowest BCUT2D eigenvalue weighted by Crippen LogP contribution is -2.44. The number of rotatable bonds is 9. The van der Waals surface area contributed by atoms with Gasteiger partial charge in [-0.1, -0.05) is 48.5 Å². The summed E-state index contributed by atoms with van der Waals surface area (Å²) in [4.78, 5) is 39.9. The molecule has 0 fully saturated rings. The molecule has 0 aliphatic heterocycles. The van der Waals surface area contributed by atoms with Gasteiger partial charge in [0.05, 0.1) is 13.1 Å². The van der Waals surface area contributed by atoms with Crippen LogP contribution in [0.5, 0.6) is 5.75 Å². The predicted molar refractivity (Wildman–Crippen MR) is 120 cm³/mol. The Morgan fingerprint density at radius 1 is 1.03 bits per heavy atom. The van der Waals surface area contributed by atoms with E-state index in [0.717, 1.165) is 15.9 Å². The molecule has 3 rings (SSSR count). The Balaban J connectivity index is 1.75. The van der Waals surface area contributed by atoms with Crippen molar-refractivity contribution in [1.82, 2.24) is 14.0 Å². The Labute approximate surface area is 180 Å². The van der Waals surface area contributed by atoms with Gasteiger partial charge in [-0.2, -0.15) is 0 Å². The summed E-state index contributed by atoms with van der Waals surface area (Å²) in [5, 5.41) is 0. The van der Waals surface area contributed by atoms with E-state index in [1.807, 2.05) is 60.7 Å². The molecule has 31 heavy (non-hydrogen) atoms. The second-order valence-corrected chi connectivity index (χ2v) is 7.30. The van der Waals surface area contributed by atoms with Crippen LogP contribution in [-0.4, -0.2) is 46.6 Å². The number of likely N-dealkylation sites (N-methyl/N-ethyl adjacent to an activating group) is 1. The fourth-order valence-corrected chi connectivity index (χ4v) is 3.20. The molecular weight excluding hydrogens is 396 g/mol. The average Bonchev–Trinajstić information content (AvgIpc) is 2.77. The SMILES string of the molecule is CN(CCOc1ccccc1)CC(=O)c1c(N)n(Cc2ccccc2)c(=O)n(C)c1=O. The molecule has 8 nitrogen and oxygen atoms in total. The molecule has 1 aromatic heterocycles. The zero-order chi connectivity index (χ0) is 22.4. The van der Waals surface area contributed by atoms with Gasteiger partial charge in [-0.05, 0) is 24.7 Å². The summed E-state index contributed by atoms with van der Waals surface area (Å²) >= 11 is 0. The van der Waals surface area contributed by atoms with Crippen molar-refractivity contribution < 1.29 is 9.53 Å². The number of carbonyl (C=O) groups is 1. The zero-order valence-electron chi connectivity index (χ0n) is 17.7. The molecule has 2 N–H and O–H groups in total. The number of hydrogen-bond acceptors (Lipinski definition) is 6. The van der Waals surface area contributed by atoms with Crippen LogP contribution in [0.3, 0.4) is 0 Å². The maximum atomic E-state index is 12.9. The van der Waals surface area contributed by atoms with E-state index in [1.54, 1.807) is 11.9 Å². The summed E-state index contributed by atoms with van der Waals surface area (Å²) in [6.07, 6.45) is 0. The number of anilines is 1. The summed E-state index contributed by atoms with van der Waals surface area (Å²) in [6.45, 7) is 1.00. The number of aromatic nitrogens is 2. The van der Waals surface area contributed by atoms with Crippen LogP contribution in [0.25, 0.3) is 0 Å². The molecule has 0 aliphatic carbocycles. The monoisotopic (exact) mass is 422 g/mol. The highest BCUT2D eigenvalue weighted by Crippen LogP contribution is 2.11. The van der Waals surface area contributed by atoms with E-state index in [9.17, 15) is 14.4 Å². The van der Waals surface area contributed by atoms with Gasteiger partial charge in [0.2, 0.25) is 0 Å². The number of nitrogen functional groups attached to an aromatic ring is 1. The van der Waals surface area contributed by atoms with Gasteiger partial charge in [-0.15, -0.1) is 0 Å². The summed E-state index contributed by atoms with van der Waals surface area (Å²) in [5.74, 6) is 0.186. The minimum absolute atomic E-state index is 0.0267. The van der Waals surface area contributed by atoms with Crippen molar-refractivity contribution in [3.8, 4) is 5.75 Å². The number of hydrogen-bond donors (Lipinski definition) is 1. The van der Waals surface area contributed by atoms with Gasteiger partial charge in [0.1, 0.15) is 23.7 Å². The Hall–Kier alpha value is -3.65. The topological polar surface area (TPSA) is 99.6 Å². The Bertz CT molecular complexity index is 1150. The number of para-hydroxylation sites is 1. The van der Waals surface area contributed by atoms with Crippen molar-refractivity contribution in [3.05, 3.63) is 92.6 Å². The lowest BCUT2D eigenvalue weighted by molar-refractivity contribution is 0.0936. The number of nitrogens with two attached hydrogens (primary N) is 1. The first-order valence-electron chi connectivity index (χ1n) is 9.91. The molecule has 0 aliphatic rings. The van der Waals surface area contributed by atoms with E-state index in [1.165, 1.54) is 11.6 Å². The molecule has 2 aromatic carbocycles. The van der Waals surface area contributed by atoms with Crippen LogP contribution in [0.4, 0.5) is 5.82 Å². The minimum atomic E-state index is -0.689. The lowest BCUT2D eigenvalue weighted by Gasteiger charge is -2.18. The van der Waals surface area contributed by atoms with Gasteiger partial charge in [-0.25, -0.2) is 4.79 Å². The fraction of sp³-hybridized carbons (Fsp3) is 0.261. The van der Waals surface area contributed by atoms with E-state index >= 15 is 0 Å². The molecule has 162 valence electrons. The number of ether oxygens (including phenoxy) is 1.